The third kappa shape index (κ3) is 2.73. The number of hydrogen-bond acceptors (Lipinski definition) is 2. The molecule has 0 unspecified atom stereocenters. The fourth-order valence-corrected chi connectivity index (χ4v) is 1.71. The minimum atomic E-state index is 0.721. The summed E-state index contributed by atoms with van der Waals surface area (Å²) < 4.78 is 11.4. The van der Waals surface area contributed by atoms with Gasteiger partial charge in [0, 0.05) is 23.2 Å². The molecule has 1 aromatic carbocycles. The molecule has 0 radical (unpaired) electrons. The van der Waals surface area contributed by atoms with Crippen LogP contribution in [0.2, 0.25) is 0 Å². The van der Waals surface area contributed by atoms with E-state index in [0.717, 1.165) is 48.3 Å². The molecular formula is C14H19NO2. The summed E-state index contributed by atoms with van der Waals surface area (Å²) >= 11 is 0. The Morgan fingerprint density at radius 3 is 1.76 bits per heavy atom. The molecule has 0 aliphatic rings. The second-order valence-corrected chi connectivity index (χ2v) is 4.08. The largest absolute Gasteiger partial charge is 0.490 e. The van der Waals surface area contributed by atoms with E-state index in [0.29, 0.717) is 0 Å². The molecular weight excluding hydrogens is 214 g/mol. The Labute approximate surface area is 102 Å². The molecule has 3 heteroatoms. The number of aromatic amines is 1. The first-order valence-corrected chi connectivity index (χ1v) is 6.21. The Kier molecular flexibility index (Phi) is 3.91. The number of nitrogens with one attached hydrogen (secondary N) is 1. The van der Waals surface area contributed by atoms with Crippen molar-refractivity contribution in [2.45, 2.75) is 26.7 Å². The van der Waals surface area contributed by atoms with Crippen LogP contribution in [0.3, 0.4) is 0 Å². The maximum Gasteiger partial charge on any atom is 0.161 e. The van der Waals surface area contributed by atoms with Gasteiger partial charge in [0.15, 0.2) is 11.5 Å². The highest BCUT2D eigenvalue weighted by molar-refractivity contribution is 5.85. The number of benzene rings is 1. The van der Waals surface area contributed by atoms with Crippen LogP contribution in [0.1, 0.15) is 26.7 Å². The maximum absolute atomic E-state index is 5.72. The fraction of sp³-hybridized carbons (Fsp3) is 0.429. The molecule has 1 N–H and O–H groups in total. The highest BCUT2D eigenvalue weighted by atomic mass is 16.5. The smallest absolute Gasteiger partial charge is 0.161 e. The van der Waals surface area contributed by atoms with Gasteiger partial charge in [0.25, 0.3) is 0 Å². The van der Waals surface area contributed by atoms with E-state index in [2.05, 4.69) is 18.8 Å². The Bertz CT molecular complexity index is 434. The van der Waals surface area contributed by atoms with Gasteiger partial charge in [-0.1, -0.05) is 13.8 Å². The molecule has 1 aromatic heterocycles. The fourth-order valence-electron chi connectivity index (χ4n) is 1.71. The number of hydrogen-bond donors (Lipinski definition) is 1. The van der Waals surface area contributed by atoms with Crippen LogP contribution in [-0.2, 0) is 0 Å². The zero-order chi connectivity index (χ0) is 12.1. The highest BCUT2D eigenvalue weighted by Gasteiger charge is 2.07. The van der Waals surface area contributed by atoms with Crippen molar-refractivity contribution in [3.05, 3.63) is 24.5 Å². The van der Waals surface area contributed by atoms with Gasteiger partial charge in [-0.25, -0.2) is 0 Å². The molecule has 0 amide bonds. The summed E-state index contributed by atoms with van der Waals surface area (Å²) in [6, 6.07) is 4.07. The molecule has 2 aromatic rings. The second-order valence-electron chi connectivity index (χ2n) is 4.08. The van der Waals surface area contributed by atoms with Gasteiger partial charge >= 0.3 is 0 Å². The Morgan fingerprint density at radius 1 is 0.882 bits per heavy atom. The van der Waals surface area contributed by atoms with E-state index in [1.165, 1.54) is 0 Å². The van der Waals surface area contributed by atoms with Gasteiger partial charge in [-0.2, -0.15) is 0 Å². The van der Waals surface area contributed by atoms with Gasteiger partial charge in [-0.05, 0) is 25.0 Å². The summed E-state index contributed by atoms with van der Waals surface area (Å²) in [6.45, 7) is 5.64. The van der Waals surface area contributed by atoms with Gasteiger partial charge in [0.1, 0.15) is 0 Å². The summed E-state index contributed by atoms with van der Waals surface area (Å²) in [6.07, 6.45) is 5.94. The van der Waals surface area contributed by atoms with Crippen LogP contribution in [0.4, 0.5) is 0 Å². The van der Waals surface area contributed by atoms with Gasteiger partial charge < -0.3 is 14.5 Å². The molecule has 0 atom stereocenters. The Hall–Kier alpha value is -1.64. The molecule has 0 spiro atoms. The van der Waals surface area contributed by atoms with Crippen LogP contribution >= 0.6 is 0 Å². The van der Waals surface area contributed by atoms with E-state index in [-0.39, 0.29) is 0 Å². The van der Waals surface area contributed by atoms with Crippen LogP contribution in [0, 0.1) is 0 Å². The minimum Gasteiger partial charge on any atom is -0.490 e. The molecule has 17 heavy (non-hydrogen) atoms. The molecule has 0 fully saturated rings. The highest BCUT2D eigenvalue weighted by Crippen LogP contribution is 2.32. The Morgan fingerprint density at radius 2 is 1.35 bits per heavy atom. The van der Waals surface area contributed by atoms with Gasteiger partial charge in [-0.3, -0.25) is 0 Å². The lowest BCUT2D eigenvalue weighted by Crippen LogP contribution is -2.01. The van der Waals surface area contributed by atoms with Crippen LogP contribution in [0.15, 0.2) is 24.5 Å². The van der Waals surface area contributed by atoms with Crippen molar-refractivity contribution in [1.82, 2.24) is 4.98 Å². The molecule has 0 saturated heterocycles. The van der Waals surface area contributed by atoms with Crippen molar-refractivity contribution >= 4 is 10.8 Å². The summed E-state index contributed by atoms with van der Waals surface area (Å²) in [4.78, 5) is 3.09. The molecule has 0 aliphatic carbocycles. The molecule has 92 valence electrons. The minimum absolute atomic E-state index is 0.721. The number of H-pyrrole nitrogens is 1. The predicted molar refractivity (Wildman–Crippen MR) is 69.9 cm³/mol. The first-order valence-electron chi connectivity index (χ1n) is 6.21. The van der Waals surface area contributed by atoms with Crippen LogP contribution in [0.5, 0.6) is 11.5 Å². The zero-order valence-corrected chi connectivity index (χ0v) is 10.5. The number of aromatic nitrogens is 1. The lowest BCUT2D eigenvalue weighted by Gasteiger charge is -2.12. The molecule has 0 saturated carbocycles. The lowest BCUT2D eigenvalue weighted by molar-refractivity contribution is 0.269. The summed E-state index contributed by atoms with van der Waals surface area (Å²) in [7, 11) is 0. The summed E-state index contributed by atoms with van der Waals surface area (Å²) in [5.41, 5.74) is 0. The van der Waals surface area contributed by atoms with Gasteiger partial charge in [0.2, 0.25) is 0 Å². The maximum atomic E-state index is 5.72. The molecule has 0 aliphatic heterocycles. The monoisotopic (exact) mass is 233 g/mol. The predicted octanol–water partition coefficient (Wildman–Crippen LogP) is 3.75. The second kappa shape index (κ2) is 5.62. The van der Waals surface area contributed by atoms with E-state index >= 15 is 0 Å². The molecule has 2 rings (SSSR count). The third-order valence-electron chi connectivity index (χ3n) is 2.55. The average molecular weight is 233 g/mol. The van der Waals surface area contributed by atoms with Gasteiger partial charge in [0.05, 0.1) is 13.2 Å². The van der Waals surface area contributed by atoms with Crippen LogP contribution < -0.4 is 9.47 Å². The van der Waals surface area contributed by atoms with E-state index in [1.807, 2.05) is 24.5 Å². The quantitative estimate of drug-likeness (QED) is 0.824. The molecule has 0 bridgehead atoms. The number of fused-ring (bicyclic) bond motifs is 1. The normalized spacial score (nSPS) is 10.7. The molecule has 3 nitrogen and oxygen atoms in total. The van der Waals surface area contributed by atoms with Crippen molar-refractivity contribution in [3.63, 3.8) is 0 Å². The van der Waals surface area contributed by atoms with Crippen LogP contribution in [-0.4, -0.2) is 18.2 Å². The summed E-state index contributed by atoms with van der Waals surface area (Å²) in [5.74, 6) is 1.68. The van der Waals surface area contributed by atoms with Crippen molar-refractivity contribution in [1.29, 1.82) is 0 Å². The zero-order valence-electron chi connectivity index (χ0n) is 10.5. The first-order chi connectivity index (χ1) is 8.35. The van der Waals surface area contributed by atoms with E-state index < -0.39 is 0 Å². The SMILES string of the molecule is CCCOc1cc2c[nH]cc2cc1OCCC. The first kappa shape index (κ1) is 11.8. The van der Waals surface area contributed by atoms with E-state index in [4.69, 9.17) is 9.47 Å². The standard InChI is InChI=1S/C14H19NO2/c1-3-5-16-13-7-11-9-15-10-12(11)8-14(13)17-6-4-2/h7-10,15H,3-6H2,1-2H3. The van der Waals surface area contributed by atoms with Crippen molar-refractivity contribution in [2.24, 2.45) is 0 Å². The molecule has 1 heterocycles. The topological polar surface area (TPSA) is 34.2 Å². The van der Waals surface area contributed by atoms with Crippen molar-refractivity contribution < 1.29 is 9.47 Å². The van der Waals surface area contributed by atoms with Crippen molar-refractivity contribution in [3.8, 4) is 11.5 Å². The average Bonchev–Trinajstić information content (AvgIpc) is 2.80. The van der Waals surface area contributed by atoms with Crippen molar-refractivity contribution in [2.75, 3.05) is 13.2 Å². The van der Waals surface area contributed by atoms with E-state index in [9.17, 15) is 0 Å². The summed E-state index contributed by atoms with van der Waals surface area (Å²) in [5, 5.41) is 2.31. The third-order valence-corrected chi connectivity index (χ3v) is 2.55. The lowest BCUT2D eigenvalue weighted by atomic mass is 10.2. The van der Waals surface area contributed by atoms with Crippen LogP contribution in [0.25, 0.3) is 10.8 Å². The van der Waals surface area contributed by atoms with Gasteiger partial charge in [-0.15, -0.1) is 0 Å². The number of ether oxygens (including phenoxy) is 2. The Balaban J connectivity index is 2.29. The number of rotatable bonds is 6. The van der Waals surface area contributed by atoms with E-state index in [1.54, 1.807) is 0 Å².